The summed E-state index contributed by atoms with van der Waals surface area (Å²) in [5.41, 5.74) is 6.42. The lowest BCUT2D eigenvalue weighted by Gasteiger charge is -2.23. The van der Waals surface area contributed by atoms with Gasteiger partial charge in [-0.1, -0.05) is 11.6 Å². The number of anilines is 1. The molecule has 1 aromatic carbocycles. The number of methoxy groups -OCH3 is 1. The molecule has 1 unspecified atom stereocenters. The number of ether oxygens (including phenoxy) is 2. The van der Waals surface area contributed by atoms with E-state index in [2.05, 4.69) is 10.6 Å². The molecule has 0 spiro atoms. The van der Waals surface area contributed by atoms with Gasteiger partial charge in [-0.15, -0.1) is 0 Å². The van der Waals surface area contributed by atoms with Crippen LogP contribution in [0.5, 0.6) is 5.75 Å². The Bertz CT molecular complexity index is 490. The summed E-state index contributed by atoms with van der Waals surface area (Å²) in [4.78, 5) is 12.2. The maximum Gasteiger partial charge on any atom is 0.255 e. The fourth-order valence-corrected chi connectivity index (χ4v) is 2.13. The third-order valence-electron chi connectivity index (χ3n) is 3.06. The molecule has 1 aromatic rings. The van der Waals surface area contributed by atoms with Crippen LogP contribution in [0, 0.1) is 0 Å². The molecule has 20 heavy (non-hydrogen) atoms. The second-order valence-corrected chi connectivity index (χ2v) is 4.89. The summed E-state index contributed by atoms with van der Waals surface area (Å²) >= 11 is 5.94. The van der Waals surface area contributed by atoms with Crippen molar-refractivity contribution in [2.45, 2.75) is 6.10 Å². The largest absolute Gasteiger partial charge is 0.496 e. The fraction of sp³-hybridized carbons (Fsp3) is 0.462. The molecule has 1 aliphatic heterocycles. The van der Waals surface area contributed by atoms with E-state index in [9.17, 15) is 4.79 Å². The Morgan fingerprint density at radius 2 is 2.45 bits per heavy atom. The van der Waals surface area contributed by atoms with Crippen LogP contribution in [0.2, 0.25) is 5.02 Å². The van der Waals surface area contributed by atoms with Crippen molar-refractivity contribution in [2.75, 3.05) is 39.1 Å². The standard InChI is InChI=1S/C13H18ClN3O3/c1-19-12-5-11(15)10(14)4-9(12)13(18)17-7-8-6-16-2-3-20-8/h4-5,8,16H,2-3,6-7,15H2,1H3,(H,17,18). The van der Waals surface area contributed by atoms with E-state index >= 15 is 0 Å². The molecule has 0 radical (unpaired) electrons. The number of rotatable bonds is 4. The minimum Gasteiger partial charge on any atom is -0.496 e. The van der Waals surface area contributed by atoms with Gasteiger partial charge in [0, 0.05) is 25.7 Å². The third kappa shape index (κ3) is 3.53. The molecular formula is C13H18ClN3O3. The summed E-state index contributed by atoms with van der Waals surface area (Å²) in [7, 11) is 1.48. The van der Waals surface area contributed by atoms with Crippen molar-refractivity contribution in [3.63, 3.8) is 0 Å². The van der Waals surface area contributed by atoms with Crippen molar-refractivity contribution in [3.05, 3.63) is 22.7 Å². The van der Waals surface area contributed by atoms with E-state index in [1.54, 1.807) is 0 Å². The molecule has 1 heterocycles. The van der Waals surface area contributed by atoms with Crippen molar-refractivity contribution in [2.24, 2.45) is 0 Å². The van der Waals surface area contributed by atoms with Gasteiger partial charge in [-0.3, -0.25) is 4.79 Å². The first-order valence-electron chi connectivity index (χ1n) is 6.35. The Morgan fingerprint density at radius 1 is 1.65 bits per heavy atom. The average molecular weight is 300 g/mol. The highest BCUT2D eigenvalue weighted by molar-refractivity contribution is 6.33. The van der Waals surface area contributed by atoms with Crippen molar-refractivity contribution < 1.29 is 14.3 Å². The first-order valence-corrected chi connectivity index (χ1v) is 6.73. The predicted octanol–water partition coefficient (Wildman–Crippen LogP) is 0.649. The first-order chi connectivity index (χ1) is 9.61. The molecule has 110 valence electrons. The Kier molecular flexibility index (Phi) is 5.05. The van der Waals surface area contributed by atoms with E-state index in [1.165, 1.54) is 19.2 Å². The Balaban J connectivity index is 2.02. The molecule has 2 rings (SSSR count). The number of amides is 1. The molecule has 1 saturated heterocycles. The fourth-order valence-electron chi connectivity index (χ4n) is 1.97. The predicted molar refractivity (Wildman–Crippen MR) is 77.4 cm³/mol. The molecular weight excluding hydrogens is 282 g/mol. The molecule has 4 N–H and O–H groups in total. The zero-order valence-corrected chi connectivity index (χ0v) is 12.0. The zero-order chi connectivity index (χ0) is 14.5. The Morgan fingerprint density at radius 3 is 3.10 bits per heavy atom. The average Bonchev–Trinajstić information content (AvgIpc) is 2.48. The Labute approximate surface area is 122 Å². The summed E-state index contributed by atoms with van der Waals surface area (Å²) in [5, 5.41) is 6.33. The van der Waals surface area contributed by atoms with Crippen LogP contribution in [0.3, 0.4) is 0 Å². The van der Waals surface area contributed by atoms with Gasteiger partial charge in [-0.25, -0.2) is 0 Å². The van der Waals surface area contributed by atoms with E-state index in [4.69, 9.17) is 26.8 Å². The lowest BCUT2D eigenvalue weighted by Crippen LogP contribution is -2.45. The van der Waals surface area contributed by atoms with Crippen molar-refractivity contribution in [1.82, 2.24) is 10.6 Å². The van der Waals surface area contributed by atoms with E-state index in [-0.39, 0.29) is 12.0 Å². The minimum atomic E-state index is -0.266. The quantitative estimate of drug-likeness (QED) is 0.711. The highest BCUT2D eigenvalue weighted by atomic mass is 35.5. The van der Waals surface area contributed by atoms with Crippen LogP contribution in [0.4, 0.5) is 5.69 Å². The number of benzene rings is 1. The maximum atomic E-state index is 12.2. The SMILES string of the molecule is COc1cc(N)c(Cl)cc1C(=O)NCC1CNCCO1. The van der Waals surface area contributed by atoms with Gasteiger partial charge in [0.1, 0.15) is 5.75 Å². The van der Waals surface area contributed by atoms with E-state index < -0.39 is 0 Å². The molecule has 7 heteroatoms. The molecule has 0 aromatic heterocycles. The van der Waals surface area contributed by atoms with Crippen LogP contribution in [-0.4, -0.2) is 45.4 Å². The first kappa shape index (κ1) is 14.9. The van der Waals surface area contributed by atoms with E-state index in [1.807, 2.05) is 0 Å². The number of hydrogen-bond acceptors (Lipinski definition) is 5. The van der Waals surface area contributed by atoms with Crippen LogP contribution < -0.4 is 21.1 Å². The number of nitrogens with two attached hydrogens (primary N) is 1. The zero-order valence-electron chi connectivity index (χ0n) is 11.2. The Hall–Kier alpha value is -1.50. The summed E-state index contributed by atoms with van der Waals surface area (Å²) in [6, 6.07) is 3.04. The normalized spacial score (nSPS) is 18.6. The second-order valence-electron chi connectivity index (χ2n) is 4.48. The van der Waals surface area contributed by atoms with Gasteiger partial charge < -0.3 is 25.8 Å². The number of carbonyl (C=O) groups excluding carboxylic acids is 1. The van der Waals surface area contributed by atoms with Crippen molar-refractivity contribution in [1.29, 1.82) is 0 Å². The number of carbonyl (C=O) groups is 1. The van der Waals surface area contributed by atoms with Crippen LogP contribution in [0.1, 0.15) is 10.4 Å². The van der Waals surface area contributed by atoms with Gasteiger partial charge in [0.25, 0.3) is 5.91 Å². The topological polar surface area (TPSA) is 85.6 Å². The molecule has 0 aliphatic carbocycles. The van der Waals surface area contributed by atoms with Gasteiger partial charge in [0.15, 0.2) is 0 Å². The molecule has 1 atom stereocenters. The molecule has 1 amide bonds. The lowest BCUT2D eigenvalue weighted by atomic mass is 10.1. The second kappa shape index (κ2) is 6.78. The summed E-state index contributed by atoms with van der Waals surface area (Å²) in [5.74, 6) is 0.130. The highest BCUT2D eigenvalue weighted by Gasteiger charge is 2.18. The van der Waals surface area contributed by atoms with E-state index in [0.717, 1.165) is 13.1 Å². The lowest BCUT2D eigenvalue weighted by molar-refractivity contribution is 0.0287. The monoisotopic (exact) mass is 299 g/mol. The van der Waals surface area contributed by atoms with Crippen LogP contribution >= 0.6 is 11.6 Å². The summed E-state index contributed by atoms with van der Waals surface area (Å²) in [6.45, 7) is 2.64. The van der Waals surface area contributed by atoms with Gasteiger partial charge in [0.2, 0.25) is 0 Å². The molecule has 1 fully saturated rings. The van der Waals surface area contributed by atoms with Crippen LogP contribution in [-0.2, 0) is 4.74 Å². The summed E-state index contributed by atoms with van der Waals surface area (Å²) in [6.07, 6.45) is -0.0250. The minimum absolute atomic E-state index is 0.0250. The van der Waals surface area contributed by atoms with Crippen molar-refractivity contribution >= 4 is 23.2 Å². The smallest absolute Gasteiger partial charge is 0.255 e. The number of nitrogens with one attached hydrogen (secondary N) is 2. The van der Waals surface area contributed by atoms with E-state index in [0.29, 0.717) is 35.2 Å². The van der Waals surface area contributed by atoms with Gasteiger partial charge in [-0.05, 0) is 6.07 Å². The molecule has 0 bridgehead atoms. The van der Waals surface area contributed by atoms with Crippen molar-refractivity contribution in [3.8, 4) is 5.75 Å². The molecule has 6 nitrogen and oxygen atoms in total. The van der Waals surface area contributed by atoms with Crippen LogP contribution in [0.25, 0.3) is 0 Å². The number of nitrogen functional groups attached to an aromatic ring is 1. The van der Waals surface area contributed by atoms with Crippen LogP contribution in [0.15, 0.2) is 12.1 Å². The number of morpholine rings is 1. The number of hydrogen-bond donors (Lipinski definition) is 3. The molecule has 0 saturated carbocycles. The third-order valence-corrected chi connectivity index (χ3v) is 3.39. The summed E-state index contributed by atoms with van der Waals surface area (Å²) < 4.78 is 10.7. The van der Waals surface area contributed by atoms with Gasteiger partial charge in [0.05, 0.1) is 36.1 Å². The van der Waals surface area contributed by atoms with Gasteiger partial charge in [-0.2, -0.15) is 0 Å². The maximum absolute atomic E-state index is 12.2. The number of halogens is 1. The highest BCUT2D eigenvalue weighted by Crippen LogP contribution is 2.28. The molecule has 1 aliphatic rings. The van der Waals surface area contributed by atoms with Gasteiger partial charge >= 0.3 is 0 Å².